The van der Waals surface area contributed by atoms with Gasteiger partial charge in [0.05, 0.1) is 6.10 Å². The maximum absolute atomic E-state index is 5.67. The zero-order valence-electron chi connectivity index (χ0n) is 14.7. The molecule has 1 aromatic carbocycles. The summed E-state index contributed by atoms with van der Waals surface area (Å²) in [5, 5.41) is 6.97. The van der Waals surface area contributed by atoms with Crippen LogP contribution in [0, 0.1) is 0 Å². The molecule has 2 atom stereocenters. The highest BCUT2D eigenvalue weighted by Crippen LogP contribution is 2.19. The van der Waals surface area contributed by atoms with Gasteiger partial charge in [-0.05, 0) is 44.7 Å². The monoisotopic (exact) mass is 330 g/mol. The highest BCUT2D eigenvalue weighted by molar-refractivity contribution is 5.80. The van der Waals surface area contributed by atoms with Gasteiger partial charge in [0.25, 0.3) is 0 Å². The Bertz CT molecular complexity index is 513. The normalized spacial score (nSPS) is 24.4. The summed E-state index contributed by atoms with van der Waals surface area (Å²) in [4.78, 5) is 7.17. The number of para-hydroxylation sites is 1. The summed E-state index contributed by atoms with van der Waals surface area (Å²) in [6, 6.07) is 11.1. The van der Waals surface area contributed by atoms with Crippen LogP contribution in [-0.4, -0.2) is 50.9 Å². The summed E-state index contributed by atoms with van der Waals surface area (Å²) in [5.74, 6) is 0.940. The lowest BCUT2D eigenvalue weighted by Crippen LogP contribution is -2.44. The van der Waals surface area contributed by atoms with Crippen molar-refractivity contribution in [3.05, 3.63) is 30.3 Å². The number of aliphatic imine (C=N–C) groups is 1. The molecule has 2 unspecified atom stereocenters. The Kier molecular flexibility index (Phi) is 6.35. The zero-order chi connectivity index (χ0) is 16.6. The van der Waals surface area contributed by atoms with Crippen molar-refractivity contribution in [3.8, 4) is 0 Å². The van der Waals surface area contributed by atoms with Crippen LogP contribution in [0.3, 0.4) is 0 Å². The first kappa shape index (κ1) is 17.1. The van der Waals surface area contributed by atoms with Gasteiger partial charge in [-0.2, -0.15) is 0 Å². The lowest BCUT2D eigenvalue weighted by molar-refractivity contribution is 0.106. The molecular weight excluding hydrogens is 300 g/mol. The number of guanidine groups is 1. The number of hydrogen-bond donors (Lipinski definition) is 2. The van der Waals surface area contributed by atoms with Gasteiger partial charge in [-0.1, -0.05) is 18.2 Å². The topological polar surface area (TPSA) is 48.9 Å². The predicted molar refractivity (Wildman–Crippen MR) is 99.8 cm³/mol. The molecule has 0 aromatic heterocycles. The van der Waals surface area contributed by atoms with Gasteiger partial charge < -0.3 is 20.3 Å². The fourth-order valence-electron chi connectivity index (χ4n) is 3.46. The van der Waals surface area contributed by atoms with Crippen LogP contribution in [0.2, 0.25) is 0 Å². The third-order valence-electron chi connectivity index (χ3n) is 4.74. The van der Waals surface area contributed by atoms with Gasteiger partial charge in [0, 0.05) is 44.5 Å². The Balaban J connectivity index is 1.48. The zero-order valence-corrected chi connectivity index (χ0v) is 14.7. The molecule has 2 fully saturated rings. The van der Waals surface area contributed by atoms with E-state index in [4.69, 9.17) is 9.73 Å². The smallest absolute Gasteiger partial charge is 0.191 e. The van der Waals surface area contributed by atoms with E-state index in [1.165, 1.54) is 18.5 Å². The molecule has 0 spiro atoms. The summed E-state index contributed by atoms with van der Waals surface area (Å²) in [6.45, 7) is 6.87. The molecule has 1 aromatic rings. The molecule has 2 N–H and O–H groups in total. The Morgan fingerprint density at radius 1 is 1.29 bits per heavy atom. The van der Waals surface area contributed by atoms with Gasteiger partial charge in [0.2, 0.25) is 0 Å². The minimum atomic E-state index is 0.414. The van der Waals surface area contributed by atoms with E-state index < -0.39 is 0 Å². The van der Waals surface area contributed by atoms with E-state index in [-0.39, 0.29) is 0 Å². The Hall–Kier alpha value is -1.75. The first-order valence-electron chi connectivity index (χ1n) is 9.31. The van der Waals surface area contributed by atoms with E-state index in [9.17, 15) is 0 Å². The highest BCUT2D eigenvalue weighted by atomic mass is 16.5. The Morgan fingerprint density at radius 3 is 2.92 bits per heavy atom. The summed E-state index contributed by atoms with van der Waals surface area (Å²) >= 11 is 0. The number of nitrogens with one attached hydrogen (secondary N) is 2. The van der Waals surface area contributed by atoms with Crippen molar-refractivity contribution in [1.29, 1.82) is 0 Å². The number of ether oxygens (including phenoxy) is 1. The Morgan fingerprint density at radius 2 is 2.17 bits per heavy atom. The van der Waals surface area contributed by atoms with Crippen LogP contribution < -0.4 is 15.5 Å². The number of nitrogens with zero attached hydrogens (tertiary/aromatic N) is 2. The fraction of sp³-hybridized carbons (Fsp3) is 0.632. The molecule has 0 aliphatic carbocycles. The van der Waals surface area contributed by atoms with Crippen LogP contribution in [0.25, 0.3) is 0 Å². The summed E-state index contributed by atoms with van der Waals surface area (Å²) < 4.78 is 5.67. The summed E-state index contributed by atoms with van der Waals surface area (Å²) in [6.07, 6.45) is 4.97. The molecule has 5 nitrogen and oxygen atoms in total. The lowest BCUT2D eigenvalue weighted by atomic mass is 10.2. The molecule has 5 heteroatoms. The molecule has 2 aliphatic heterocycles. The van der Waals surface area contributed by atoms with Crippen LogP contribution in [0.1, 0.15) is 32.6 Å². The second kappa shape index (κ2) is 8.92. The molecule has 132 valence electrons. The largest absolute Gasteiger partial charge is 0.378 e. The first-order valence-corrected chi connectivity index (χ1v) is 9.31. The SMILES string of the molecule is CCNC(=NCCC1CCCO1)NC1CCN(c2ccccc2)C1. The number of anilines is 1. The Labute approximate surface area is 145 Å². The number of rotatable bonds is 6. The van der Waals surface area contributed by atoms with Crippen LogP contribution in [0.5, 0.6) is 0 Å². The molecule has 0 bridgehead atoms. The minimum Gasteiger partial charge on any atom is -0.378 e. The first-order chi connectivity index (χ1) is 11.8. The van der Waals surface area contributed by atoms with E-state index >= 15 is 0 Å². The van der Waals surface area contributed by atoms with Crippen molar-refractivity contribution in [2.24, 2.45) is 4.99 Å². The van der Waals surface area contributed by atoms with Gasteiger partial charge in [-0.25, -0.2) is 0 Å². The second-order valence-corrected chi connectivity index (χ2v) is 6.60. The quantitative estimate of drug-likeness (QED) is 0.621. The van der Waals surface area contributed by atoms with Crippen molar-refractivity contribution in [2.75, 3.05) is 37.7 Å². The van der Waals surface area contributed by atoms with Crippen molar-refractivity contribution in [1.82, 2.24) is 10.6 Å². The lowest BCUT2D eigenvalue weighted by Gasteiger charge is -2.20. The van der Waals surface area contributed by atoms with Gasteiger partial charge in [0.15, 0.2) is 5.96 Å². The van der Waals surface area contributed by atoms with Crippen molar-refractivity contribution < 1.29 is 4.74 Å². The average molecular weight is 330 g/mol. The minimum absolute atomic E-state index is 0.414. The van der Waals surface area contributed by atoms with Crippen LogP contribution in [-0.2, 0) is 4.74 Å². The van der Waals surface area contributed by atoms with Gasteiger partial charge in [-0.15, -0.1) is 0 Å². The highest BCUT2D eigenvalue weighted by Gasteiger charge is 2.23. The summed E-state index contributed by atoms with van der Waals surface area (Å²) in [5.41, 5.74) is 1.31. The van der Waals surface area contributed by atoms with Crippen LogP contribution in [0.15, 0.2) is 35.3 Å². The van der Waals surface area contributed by atoms with Crippen molar-refractivity contribution in [2.45, 2.75) is 44.8 Å². The third kappa shape index (κ3) is 4.87. The van der Waals surface area contributed by atoms with E-state index in [0.717, 1.165) is 51.6 Å². The van der Waals surface area contributed by atoms with Crippen LogP contribution >= 0.6 is 0 Å². The van der Waals surface area contributed by atoms with Gasteiger partial charge >= 0.3 is 0 Å². The number of hydrogen-bond acceptors (Lipinski definition) is 3. The third-order valence-corrected chi connectivity index (χ3v) is 4.74. The molecule has 0 radical (unpaired) electrons. The molecule has 2 saturated heterocycles. The molecule has 24 heavy (non-hydrogen) atoms. The number of benzene rings is 1. The standard InChI is InChI=1S/C19H30N4O/c1-2-20-19(21-12-10-18-9-6-14-24-18)22-16-11-13-23(15-16)17-7-4-3-5-8-17/h3-5,7-8,16,18H,2,6,9-15H2,1H3,(H2,20,21,22). The molecule has 3 rings (SSSR count). The van der Waals surface area contributed by atoms with Gasteiger partial charge in [0.1, 0.15) is 0 Å². The maximum Gasteiger partial charge on any atom is 0.191 e. The molecular formula is C19H30N4O. The van der Waals surface area contributed by atoms with Gasteiger partial charge in [-0.3, -0.25) is 4.99 Å². The van der Waals surface area contributed by atoms with Crippen molar-refractivity contribution in [3.63, 3.8) is 0 Å². The molecule has 0 amide bonds. The average Bonchev–Trinajstić information content (AvgIpc) is 3.28. The molecule has 0 saturated carbocycles. The second-order valence-electron chi connectivity index (χ2n) is 6.60. The maximum atomic E-state index is 5.67. The van der Waals surface area contributed by atoms with E-state index in [0.29, 0.717) is 12.1 Å². The van der Waals surface area contributed by atoms with E-state index in [1.54, 1.807) is 0 Å². The van der Waals surface area contributed by atoms with Crippen LogP contribution in [0.4, 0.5) is 5.69 Å². The predicted octanol–water partition coefficient (Wildman–Crippen LogP) is 2.39. The molecule has 2 heterocycles. The molecule has 2 aliphatic rings. The van der Waals surface area contributed by atoms with Crippen molar-refractivity contribution >= 4 is 11.6 Å². The van der Waals surface area contributed by atoms with E-state index in [2.05, 4.69) is 52.8 Å². The fourth-order valence-corrected chi connectivity index (χ4v) is 3.46. The summed E-state index contributed by atoms with van der Waals surface area (Å²) in [7, 11) is 0. The van der Waals surface area contributed by atoms with E-state index in [1.807, 2.05) is 0 Å².